The highest BCUT2D eigenvalue weighted by molar-refractivity contribution is 4.96. The minimum absolute atomic E-state index is 0.0463. The Bertz CT molecular complexity index is 119. The van der Waals surface area contributed by atoms with E-state index in [2.05, 4.69) is 19.3 Å². The molecule has 0 aromatic rings. The van der Waals surface area contributed by atoms with Gasteiger partial charge in [0.05, 0.1) is 6.17 Å². The van der Waals surface area contributed by atoms with Gasteiger partial charge in [-0.1, -0.05) is 0 Å². The van der Waals surface area contributed by atoms with Crippen molar-refractivity contribution in [3.63, 3.8) is 0 Å². The summed E-state index contributed by atoms with van der Waals surface area (Å²) in [6.07, 6.45) is 3.84. The molecule has 1 rings (SSSR count). The Morgan fingerprint density at radius 2 is 2.33 bits per heavy atom. The van der Waals surface area contributed by atoms with Crippen molar-refractivity contribution in [1.29, 1.82) is 0 Å². The Morgan fingerprint density at radius 3 is 2.56 bits per heavy atom. The maximum absolute atomic E-state index is 5.66. The molecule has 1 unspecified atom stereocenters. The van der Waals surface area contributed by atoms with Crippen molar-refractivity contribution in [3.8, 4) is 0 Å². The standard InChI is InChI=1S/C6H13N3/c1-5(2)9-6(7)3-4-8-9/h3-6,8H,7H2,1-2H3. The first-order valence-electron chi connectivity index (χ1n) is 3.18. The van der Waals surface area contributed by atoms with E-state index >= 15 is 0 Å². The summed E-state index contributed by atoms with van der Waals surface area (Å²) in [5.41, 5.74) is 8.69. The van der Waals surface area contributed by atoms with Gasteiger partial charge in [0, 0.05) is 12.2 Å². The molecule has 3 nitrogen and oxygen atoms in total. The van der Waals surface area contributed by atoms with Crippen molar-refractivity contribution in [2.45, 2.75) is 26.1 Å². The van der Waals surface area contributed by atoms with E-state index < -0.39 is 0 Å². The van der Waals surface area contributed by atoms with Crippen LogP contribution in [0.2, 0.25) is 0 Å². The van der Waals surface area contributed by atoms with Crippen molar-refractivity contribution >= 4 is 0 Å². The third-order valence-corrected chi connectivity index (χ3v) is 1.39. The van der Waals surface area contributed by atoms with Gasteiger partial charge in [0.15, 0.2) is 0 Å². The van der Waals surface area contributed by atoms with Crippen molar-refractivity contribution in [2.75, 3.05) is 0 Å². The second kappa shape index (κ2) is 2.37. The lowest BCUT2D eigenvalue weighted by molar-refractivity contribution is 0.156. The molecule has 0 radical (unpaired) electrons. The topological polar surface area (TPSA) is 41.3 Å². The molecule has 9 heavy (non-hydrogen) atoms. The molecule has 3 N–H and O–H groups in total. The normalized spacial score (nSPS) is 27.3. The third kappa shape index (κ3) is 1.23. The molecule has 1 aliphatic rings. The van der Waals surface area contributed by atoms with Crippen molar-refractivity contribution < 1.29 is 0 Å². The molecule has 0 aromatic heterocycles. The summed E-state index contributed by atoms with van der Waals surface area (Å²) in [4.78, 5) is 0. The van der Waals surface area contributed by atoms with Crippen LogP contribution < -0.4 is 11.2 Å². The van der Waals surface area contributed by atoms with Crippen LogP contribution in [0.4, 0.5) is 0 Å². The predicted octanol–water partition coefficient (Wildman–Crippen LogP) is 0.0135. The Hall–Kier alpha value is -0.540. The van der Waals surface area contributed by atoms with Gasteiger partial charge in [-0.3, -0.25) is 0 Å². The molecule has 0 amide bonds. The number of hydrogen-bond acceptors (Lipinski definition) is 3. The van der Waals surface area contributed by atoms with E-state index in [1.165, 1.54) is 0 Å². The van der Waals surface area contributed by atoms with E-state index in [4.69, 9.17) is 5.73 Å². The quantitative estimate of drug-likeness (QED) is 0.521. The van der Waals surface area contributed by atoms with E-state index in [0.717, 1.165) is 0 Å². The van der Waals surface area contributed by atoms with Crippen molar-refractivity contribution in [2.24, 2.45) is 5.73 Å². The van der Waals surface area contributed by atoms with E-state index in [-0.39, 0.29) is 6.17 Å². The first kappa shape index (κ1) is 6.58. The fourth-order valence-electron chi connectivity index (χ4n) is 0.900. The van der Waals surface area contributed by atoms with Gasteiger partial charge in [0.2, 0.25) is 0 Å². The zero-order valence-corrected chi connectivity index (χ0v) is 5.83. The van der Waals surface area contributed by atoms with E-state index in [1.54, 1.807) is 0 Å². The molecule has 1 heterocycles. The summed E-state index contributed by atoms with van der Waals surface area (Å²) < 4.78 is 0. The van der Waals surface area contributed by atoms with Crippen LogP contribution in [-0.4, -0.2) is 17.2 Å². The highest BCUT2D eigenvalue weighted by Gasteiger charge is 2.16. The first-order valence-corrected chi connectivity index (χ1v) is 3.18. The van der Waals surface area contributed by atoms with Crippen LogP contribution in [0, 0.1) is 0 Å². The van der Waals surface area contributed by atoms with Gasteiger partial charge in [-0.05, 0) is 19.9 Å². The van der Waals surface area contributed by atoms with Crippen molar-refractivity contribution in [1.82, 2.24) is 10.4 Å². The zero-order chi connectivity index (χ0) is 6.85. The molecule has 0 bridgehead atoms. The molecule has 3 heteroatoms. The molecule has 52 valence electrons. The Balaban J connectivity index is 2.45. The molecule has 0 aliphatic carbocycles. The Kier molecular flexibility index (Phi) is 1.73. The van der Waals surface area contributed by atoms with Gasteiger partial charge in [-0.2, -0.15) is 0 Å². The van der Waals surface area contributed by atoms with Gasteiger partial charge >= 0.3 is 0 Å². The van der Waals surface area contributed by atoms with Crippen LogP contribution >= 0.6 is 0 Å². The molecular formula is C6H13N3. The largest absolute Gasteiger partial charge is 0.324 e. The summed E-state index contributed by atoms with van der Waals surface area (Å²) in [6, 6.07) is 0.454. The van der Waals surface area contributed by atoms with Crippen LogP contribution in [0.3, 0.4) is 0 Å². The number of rotatable bonds is 1. The third-order valence-electron chi connectivity index (χ3n) is 1.39. The van der Waals surface area contributed by atoms with Gasteiger partial charge < -0.3 is 11.2 Å². The van der Waals surface area contributed by atoms with Crippen LogP contribution in [0.5, 0.6) is 0 Å². The molecule has 1 aliphatic heterocycles. The van der Waals surface area contributed by atoms with Gasteiger partial charge in [0.25, 0.3) is 0 Å². The fraction of sp³-hybridized carbons (Fsp3) is 0.667. The monoisotopic (exact) mass is 127 g/mol. The second-order valence-electron chi connectivity index (χ2n) is 2.48. The predicted molar refractivity (Wildman–Crippen MR) is 37.2 cm³/mol. The fourth-order valence-corrected chi connectivity index (χ4v) is 0.900. The van der Waals surface area contributed by atoms with Gasteiger partial charge in [-0.25, -0.2) is 5.01 Å². The number of nitrogens with two attached hydrogens (primary N) is 1. The van der Waals surface area contributed by atoms with Crippen LogP contribution in [-0.2, 0) is 0 Å². The minimum atomic E-state index is 0.0463. The molecule has 1 atom stereocenters. The van der Waals surface area contributed by atoms with E-state index in [9.17, 15) is 0 Å². The lowest BCUT2D eigenvalue weighted by atomic mass is 10.3. The second-order valence-corrected chi connectivity index (χ2v) is 2.48. The molecule has 0 saturated carbocycles. The van der Waals surface area contributed by atoms with E-state index in [0.29, 0.717) is 6.04 Å². The molecular weight excluding hydrogens is 114 g/mol. The summed E-state index contributed by atoms with van der Waals surface area (Å²) in [6.45, 7) is 4.19. The maximum Gasteiger partial charge on any atom is 0.0962 e. The SMILES string of the molecule is CC(C)N1NC=CC1N. The lowest BCUT2D eigenvalue weighted by Crippen LogP contribution is -2.46. The number of nitrogens with one attached hydrogen (secondary N) is 1. The number of nitrogens with zero attached hydrogens (tertiary/aromatic N) is 1. The van der Waals surface area contributed by atoms with Crippen LogP contribution in [0.15, 0.2) is 12.3 Å². The Morgan fingerprint density at radius 1 is 1.67 bits per heavy atom. The van der Waals surface area contributed by atoms with Crippen LogP contribution in [0.1, 0.15) is 13.8 Å². The lowest BCUT2D eigenvalue weighted by Gasteiger charge is -2.24. The maximum atomic E-state index is 5.66. The molecule has 0 spiro atoms. The summed E-state index contributed by atoms with van der Waals surface area (Å²) >= 11 is 0. The van der Waals surface area contributed by atoms with Gasteiger partial charge in [-0.15, -0.1) is 0 Å². The van der Waals surface area contributed by atoms with Gasteiger partial charge in [0.1, 0.15) is 0 Å². The summed E-state index contributed by atoms with van der Waals surface area (Å²) in [5, 5.41) is 1.99. The van der Waals surface area contributed by atoms with Crippen LogP contribution in [0.25, 0.3) is 0 Å². The molecule has 0 aromatic carbocycles. The van der Waals surface area contributed by atoms with Crippen molar-refractivity contribution in [3.05, 3.63) is 12.3 Å². The minimum Gasteiger partial charge on any atom is -0.324 e. The first-order chi connectivity index (χ1) is 4.22. The Labute approximate surface area is 55.5 Å². The molecule has 0 fully saturated rings. The molecule has 0 saturated heterocycles. The summed E-state index contributed by atoms with van der Waals surface area (Å²) in [7, 11) is 0. The average Bonchev–Trinajstić information content (AvgIpc) is 2.13. The smallest absolute Gasteiger partial charge is 0.0962 e. The number of hydrazine groups is 1. The summed E-state index contributed by atoms with van der Waals surface area (Å²) in [5.74, 6) is 0. The zero-order valence-electron chi connectivity index (χ0n) is 5.83. The highest BCUT2D eigenvalue weighted by Crippen LogP contribution is 2.02. The highest BCUT2D eigenvalue weighted by atomic mass is 15.6. The van der Waals surface area contributed by atoms with E-state index in [1.807, 2.05) is 17.3 Å². The number of hydrogen-bond donors (Lipinski definition) is 2. The average molecular weight is 127 g/mol.